The van der Waals surface area contributed by atoms with E-state index in [2.05, 4.69) is 104 Å². The van der Waals surface area contributed by atoms with Gasteiger partial charge in [0.1, 0.15) is 17.5 Å². The second-order valence-electron chi connectivity index (χ2n) is 10.1. The molecule has 3 aromatic carbocycles. The van der Waals surface area contributed by atoms with Crippen molar-refractivity contribution in [1.82, 2.24) is 19.5 Å². The summed E-state index contributed by atoms with van der Waals surface area (Å²) in [6, 6.07) is 32.8. The molecule has 0 bridgehead atoms. The molecule has 4 heterocycles. The molecule has 1 aliphatic heterocycles. The number of nitrogens with zero attached hydrogens (tertiary/aromatic N) is 6. The van der Waals surface area contributed by atoms with Gasteiger partial charge in [0, 0.05) is 45.2 Å². The van der Waals surface area contributed by atoms with Crippen molar-refractivity contribution in [2.75, 3.05) is 16.8 Å². The fourth-order valence-electron chi connectivity index (χ4n) is 5.31. The molecular weight excluding hydrogens is 680 g/mol. The van der Waals surface area contributed by atoms with Crippen molar-refractivity contribution < 1.29 is 21.1 Å². The van der Waals surface area contributed by atoms with Gasteiger partial charge in [-0.05, 0) is 30.6 Å². The summed E-state index contributed by atoms with van der Waals surface area (Å²) in [5.41, 5.74) is 3.22. The molecule has 39 heavy (non-hydrogen) atoms. The molecule has 0 amide bonds. The summed E-state index contributed by atoms with van der Waals surface area (Å²) in [5.74, 6) is 2.57. The van der Waals surface area contributed by atoms with Crippen molar-refractivity contribution in [3.63, 3.8) is 0 Å². The number of para-hydroxylation sites is 1. The maximum Gasteiger partial charge on any atom is 0.143 e. The SMILES string of the molecule is CN1[CH-]N(c2[c-]c([Si](C)(C)c3[c-]cc4c(c3)c3ccccc3n4-c3ccccn3)ccc2)c2nccnc21.[Pt]. The molecule has 0 radical (unpaired) electrons. The van der Waals surface area contributed by atoms with Crippen LogP contribution in [0, 0.1) is 18.8 Å². The Bertz CT molecular complexity index is 1820. The van der Waals surface area contributed by atoms with E-state index in [1.165, 1.54) is 21.1 Å². The first kappa shape index (κ1) is 25.5. The fourth-order valence-corrected chi connectivity index (χ4v) is 7.49. The molecule has 6 aromatic rings. The van der Waals surface area contributed by atoms with E-state index in [1.54, 1.807) is 12.4 Å². The Morgan fingerprint density at radius 3 is 2.38 bits per heavy atom. The number of hydrogen-bond donors (Lipinski definition) is 0. The van der Waals surface area contributed by atoms with E-state index in [4.69, 9.17) is 0 Å². The van der Waals surface area contributed by atoms with Gasteiger partial charge in [-0.3, -0.25) is 0 Å². The maximum absolute atomic E-state index is 4.64. The summed E-state index contributed by atoms with van der Waals surface area (Å²) in [5, 5.41) is 4.89. The Balaban J connectivity index is 0.00000277. The molecule has 196 valence electrons. The Kier molecular flexibility index (Phi) is 6.36. The second-order valence-corrected chi connectivity index (χ2v) is 14.4. The van der Waals surface area contributed by atoms with Crippen LogP contribution in [0.15, 0.2) is 91.4 Å². The first-order chi connectivity index (χ1) is 18.5. The maximum atomic E-state index is 4.64. The van der Waals surface area contributed by atoms with E-state index in [0.29, 0.717) is 0 Å². The molecule has 0 saturated carbocycles. The molecular formula is C31H25N6PtSi-3. The zero-order valence-electron chi connectivity index (χ0n) is 21.7. The summed E-state index contributed by atoms with van der Waals surface area (Å²) in [6.07, 6.45) is 5.29. The number of pyridine rings is 1. The quantitative estimate of drug-likeness (QED) is 0.189. The van der Waals surface area contributed by atoms with E-state index >= 15 is 0 Å². The van der Waals surface area contributed by atoms with E-state index in [1.807, 2.05) is 43.0 Å². The summed E-state index contributed by atoms with van der Waals surface area (Å²) >= 11 is 0. The number of aromatic nitrogens is 4. The Hall–Kier alpha value is -3.80. The van der Waals surface area contributed by atoms with Crippen LogP contribution in [0.2, 0.25) is 13.1 Å². The zero-order chi connectivity index (χ0) is 25.9. The topological polar surface area (TPSA) is 50.1 Å². The third-order valence-corrected chi connectivity index (χ3v) is 10.7. The molecule has 0 atom stereocenters. The minimum Gasteiger partial charge on any atom is -0.487 e. The van der Waals surface area contributed by atoms with Gasteiger partial charge in [-0.15, -0.1) is 17.7 Å². The minimum absolute atomic E-state index is 0. The van der Waals surface area contributed by atoms with Crippen molar-refractivity contribution in [2.24, 2.45) is 0 Å². The van der Waals surface area contributed by atoms with Crippen LogP contribution in [0.3, 0.4) is 0 Å². The van der Waals surface area contributed by atoms with Crippen molar-refractivity contribution in [1.29, 1.82) is 0 Å². The van der Waals surface area contributed by atoms with Gasteiger partial charge in [0.15, 0.2) is 0 Å². The summed E-state index contributed by atoms with van der Waals surface area (Å²) < 4.78 is 2.23. The summed E-state index contributed by atoms with van der Waals surface area (Å²) in [6.45, 7) is 6.75. The van der Waals surface area contributed by atoms with Gasteiger partial charge in [0.05, 0.1) is 8.07 Å². The van der Waals surface area contributed by atoms with Crippen LogP contribution in [0.5, 0.6) is 0 Å². The van der Waals surface area contributed by atoms with Gasteiger partial charge in [-0.2, -0.15) is 52.8 Å². The van der Waals surface area contributed by atoms with E-state index in [0.717, 1.165) is 34.2 Å². The van der Waals surface area contributed by atoms with Gasteiger partial charge in [-0.25, -0.2) is 15.0 Å². The van der Waals surface area contributed by atoms with E-state index < -0.39 is 8.07 Å². The number of anilines is 3. The summed E-state index contributed by atoms with van der Waals surface area (Å²) in [4.78, 5) is 17.8. The van der Waals surface area contributed by atoms with Crippen LogP contribution in [0.1, 0.15) is 0 Å². The van der Waals surface area contributed by atoms with Crippen LogP contribution >= 0.6 is 0 Å². The molecule has 0 fully saturated rings. The average Bonchev–Trinajstić information content (AvgIpc) is 3.48. The molecule has 1 aliphatic rings. The molecule has 0 unspecified atom stereocenters. The molecule has 0 aliphatic carbocycles. The van der Waals surface area contributed by atoms with Crippen LogP contribution in [0.4, 0.5) is 17.3 Å². The first-order valence-electron chi connectivity index (χ1n) is 12.6. The van der Waals surface area contributed by atoms with Gasteiger partial charge in [0.2, 0.25) is 0 Å². The Labute approximate surface area is 243 Å². The average molecular weight is 705 g/mol. The number of fused-ring (bicyclic) bond motifs is 4. The second kappa shape index (κ2) is 9.74. The van der Waals surface area contributed by atoms with Crippen LogP contribution < -0.4 is 20.2 Å². The smallest absolute Gasteiger partial charge is 0.143 e. The summed E-state index contributed by atoms with van der Waals surface area (Å²) in [7, 11) is -0.160. The predicted molar refractivity (Wildman–Crippen MR) is 156 cm³/mol. The third kappa shape index (κ3) is 4.08. The van der Waals surface area contributed by atoms with Crippen LogP contribution in [-0.2, 0) is 21.1 Å². The largest absolute Gasteiger partial charge is 0.487 e. The first-order valence-corrected chi connectivity index (χ1v) is 15.6. The van der Waals surface area contributed by atoms with E-state index in [9.17, 15) is 0 Å². The van der Waals surface area contributed by atoms with Crippen LogP contribution in [-0.4, -0.2) is 34.6 Å². The normalized spacial score (nSPS) is 13.1. The van der Waals surface area contributed by atoms with Crippen molar-refractivity contribution >= 4 is 57.6 Å². The third-order valence-electron chi connectivity index (χ3n) is 7.38. The monoisotopic (exact) mass is 704 g/mol. The van der Waals surface area contributed by atoms with Crippen molar-refractivity contribution in [3.05, 3.63) is 110 Å². The van der Waals surface area contributed by atoms with Gasteiger partial charge >= 0.3 is 0 Å². The molecule has 6 nitrogen and oxygen atoms in total. The van der Waals surface area contributed by atoms with Crippen molar-refractivity contribution in [3.8, 4) is 5.82 Å². The number of rotatable bonds is 4. The van der Waals surface area contributed by atoms with Crippen LogP contribution in [0.25, 0.3) is 27.6 Å². The molecule has 0 spiro atoms. The zero-order valence-corrected chi connectivity index (χ0v) is 25.0. The van der Waals surface area contributed by atoms with Gasteiger partial charge < -0.3 is 14.4 Å². The molecule has 7 rings (SSSR count). The Morgan fingerprint density at radius 1 is 0.769 bits per heavy atom. The number of benzene rings is 3. The van der Waals surface area contributed by atoms with Crippen molar-refractivity contribution in [2.45, 2.75) is 13.1 Å². The van der Waals surface area contributed by atoms with Gasteiger partial charge in [-0.1, -0.05) is 42.9 Å². The molecule has 0 N–H and O–H groups in total. The van der Waals surface area contributed by atoms with E-state index in [-0.39, 0.29) is 21.1 Å². The molecule has 3 aromatic heterocycles. The van der Waals surface area contributed by atoms with Gasteiger partial charge in [0.25, 0.3) is 0 Å². The molecule has 8 heteroatoms. The molecule has 0 saturated heterocycles. The minimum atomic E-state index is -2.15. The number of hydrogen-bond acceptors (Lipinski definition) is 5. The standard InChI is InChI=1S/C31H25N6Si.Pt/c1-35-21-36(31-30(35)33-17-18-34-31)22-9-8-10-23(19-22)38(2,3)24-14-15-28-26(20-24)25-11-4-5-12-27(25)37(28)29-13-6-7-16-32-29;/h4-13,15-18,20-21H,1-3H3;/q-3;. The Morgan fingerprint density at radius 2 is 1.56 bits per heavy atom. The fraction of sp³-hybridized carbons (Fsp3) is 0.0968. The predicted octanol–water partition coefficient (Wildman–Crippen LogP) is 5.10.